The molecule has 0 saturated heterocycles. The van der Waals surface area contributed by atoms with E-state index in [4.69, 9.17) is 16.9 Å². The maximum absolute atomic E-state index is 8.92. The van der Waals surface area contributed by atoms with E-state index in [2.05, 4.69) is 16.0 Å². The van der Waals surface area contributed by atoms with Gasteiger partial charge in [-0.1, -0.05) is 29.8 Å². The van der Waals surface area contributed by atoms with Crippen molar-refractivity contribution in [1.82, 2.24) is 9.97 Å². The number of benzene rings is 1. The average Bonchev–Trinajstić information content (AvgIpc) is 2.69. The Bertz CT molecular complexity index is 566. The first-order chi connectivity index (χ1) is 8.20. The summed E-state index contributed by atoms with van der Waals surface area (Å²) in [5.74, 6) is 0.774. The van der Waals surface area contributed by atoms with Crippen LogP contribution in [0.25, 0.3) is 0 Å². The Labute approximate surface area is 105 Å². The van der Waals surface area contributed by atoms with Gasteiger partial charge in [-0.05, 0) is 31.4 Å². The number of H-pyrrole nitrogens is 1. The molecule has 0 atom stereocenters. The van der Waals surface area contributed by atoms with Crippen molar-refractivity contribution in [3.63, 3.8) is 0 Å². The van der Waals surface area contributed by atoms with Gasteiger partial charge in [-0.15, -0.1) is 0 Å². The van der Waals surface area contributed by atoms with E-state index in [-0.39, 0.29) is 0 Å². The fraction of sp³-hybridized carbons (Fsp3) is 0.231. The number of hydrogen-bond donors (Lipinski definition) is 1. The summed E-state index contributed by atoms with van der Waals surface area (Å²) in [6.07, 6.45) is 1.55. The highest BCUT2D eigenvalue weighted by Crippen LogP contribution is 2.17. The lowest BCUT2D eigenvalue weighted by molar-refractivity contribution is 0.916. The molecule has 0 amide bonds. The van der Waals surface area contributed by atoms with Crippen LogP contribution >= 0.6 is 11.6 Å². The van der Waals surface area contributed by atoms with Gasteiger partial charge in [0.15, 0.2) is 5.69 Å². The number of aromatic amines is 1. The van der Waals surface area contributed by atoms with Crippen molar-refractivity contribution in [2.45, 2.75) is 19.8 Å². The predicted molar refractivity (Wildman–Crippen MR) is 66.9 cm³/mol. The van der Waals surface area contributed by atoms with E-state index in [1.54, 1.807) is 0 Å². The Kier molecular flexibility index (Phi) is 3.46. The van der Waals surface area contributed by atoms with Crippen molar-refractivity contribution in [3.05, 3.63) is 52.1 Å². The molecule has 17 heavy (non-hydrogen) atoms. The van der Waals surface area contributed by atoms with Crippen LogP contribution in [-0.2, 0) is 12.8 Å². The van der Waals surface area contributed by atoms with E-state index >= 15 is 0 Å². The van der Waals surface area contributed by atoms with Crippen LogP contribution in [0.5, 0.6) is 0 Å². The Morgan fingerprint density at radius 1 is 1.35 bits per heavy atom. The predicted octanol–water partition coefficient (Wildman–Crippen LogP) is 3.03. The monoisotopic (exact) mass is 245 g/mol. The second-order valence-electron chi connectivity index (χ2n) is 3.85. The zero-order valence-corrected chi connectivity index (χ0v) is 10.3. The number of aromatic nitrogens is 2. The lowest BCUT2D eigenvalue weighted by Crippen LogP contribution is -1.95. The number of imidazole rings is 1. The Balaban J connectivity index is 2.13. The van der Waals surface area contributed by atoms with Gasteiger partial charge < -0.3 is 4.98 Å². The zero-order chi connectivity index (χ0) is 12.3. The Morgan fingerprint density at radius 3 is 2.82 bits per heavy atom. The molecule has 0 unspecified atom stereocenters. The molecule has 2 aromatic rings. The van der Waals surface area contributed by atoms with Gasteiger partial charge in [0, 0.05) is 5.02 Å². The molecular weight excluding hydrogens is 234 g/mol. The summed E-state index contributed by atoms with van der Waals surface area (Å²) in [5.41, 5.74) is 2.45. The summed E-state index contributed by atoms with van der Waals surface area (Å²) in [4.78, 5) is 7.22. The molecule has 2 rings (SSSR count). The summed E-state index contributed by atoms with van der Waals surface area (Å²) in [7, 11) is 0. The smallest absolute Gasteiger partial charge is 0.161 e. The quantitative estimate of drug-likeness (QED) is 0.904. The summed E-state index contributed by atoms with van der Waals surface area (Å²) in [5, 5.41) is 9.69. The summed E-state index contributed by atoms with van der Waals surface area (Å²) in [6, 6.07) is 9.84. The molecule has 1 aromatic carbocycles. The molecule has 1 heterocycles. The lowest BCUT2D eigenvalue weighted by Gasteiger charge is -2.02. The van der Waals surface area contributed by atoms with Gasteiger partial charge >= 0.3 is 0 Å². The van der Waals surface area contributed by atoms with E-state index < -0.39 is 0 Å². The van der Waals surface area contributed by atoms with E-state index in [0.29, 0.717) is 5.69 Å². The third-order valence-corrected chi connectivity index (χ3v) is 2.97. The molecule has 1 aromatic heterocycles. The molecule has 0 bridgehead atoms. The van der Waals surface area contributed by atoms with E-state index in [0.717, 1.165) is 34.9 Å². The summed E-state index contributed by atoms with van der Waals surface area (Å²) < 4.78 is 0. The highest BCUT2D eigenvalue weighted by molar-refractivity contribution is 6.31. The van der Waals surface area contributed by atoms with Crippen molar-refractivity contribution >= 4 is 11.6 Å². The van der Waals surface area contributed by atoms with Gasteiger partial charge in [0.1, 0.15) is 11.9 Å². The minimum absolute atomic E-state index is 0.481. The fourth-order valence-electron chi connectivity index (χ4n) is 1.77. The van der Waals surface area contributed by atoms with Gasteiger partial charge in [0.05, 0.1) is 5.69 Å². The highest BCUT2D eigenvalue weighted by Gasteiger charge is 2.08. The van der Waals surface area contributed by atoms with Crippen LogP contribution in [0.15, 0.2) is 24.3 Å². The number of nitrogens with zero attached hydrogens (tertiary/aromatic N) is 2. The van der Waals surface area contributed by atoms with Crippen LogP contribution in [0.1, 0.15) is 22.8 Å². The normalized spacial score (nSPS) is 10.2. The molecule has 0 aliphatic carbocycles. The molecule has 0 spiro atoms. The van der Waals surface area contributed by atoms with Gasteiger partial charge in [0.2, 0.25) is 0 Å². The third-order valence-electron chi connectivity index (χ3n) is 2.61. The Hall–Kier alpha value is -1.79. The SMILES string of the molecule is Cc1nc(C#N)c(CCc2ccccc2Cl)[nH]1. The average molecular weight is 246 g/mol. The third kappa shape index (κ3) is 2.66. The molecule has 0 saturated carbocycles. The number of aryl methyl sites for hydroxylation is 3. The van der Waals surface area contributed by atoms with E-state index in [1.165, 1.54) is 0 Å². The maximum atomic E-state index is 8.92. The second-order valence-corrected chi connectivity index (χ2v) is 4.26. The largest absolute Gasteiger partial charge is 0.345 e. The standard InChI is InChI=1S/C13H12ClN3/c1-9-16-12(13(8-15)17-9)7-6-10-4-2-3-5-11(10)14/h2-5H,6-7H2,1H3,(H,16,17). The first-order valence-electron chi connectivity index (χ1n) is 5.39. The zero-order valence-electron chi connectivity index (χ0n) is 9.50. The van der Waals surface area contributed by atoms with E-state index in [9.17, 15) is 0 Å². The first kappa shape index (κ1) is 11.7. The van der Waals surface area contributed by atoms with Crippen molar-refractivity contribution < 1.29 is 0 Å². The molecule has 86 valence electrons. The number of nitriles is 1. The van der Waals surface area contributed by atoms with Crippen LogP contribution in [0.3, 0.4) is 0 Å². The molecule has 0 radical (unpaired) electrons. The highest BCUT2D eigenvalue weighted by atomic mass is 35.5. The topological polar surface area (TPSA) is 52.5 Å². The molecular formula is C13H12ClN3. The van der Waals surface area contributed by atoms with E-state index in [1.807, 2.05) is 31.2 Å². The summed E-state index contributed by atoms with van der Waals surface area (Å²) in [6.45, 7) is 1.85. The van der Waals surface area contributed by atoms with Crippen LogP contribution < -0.4 is 0 Å². The number of nitrogens with one attached hydrogen (secondary N) is 1. The van der Waals surface area contributed by atoms with Crippen molar-refractivity contribution in [1.29, 1.82) is 5.26 Å². The fourth-order valence-corrected chi connectivity index (χ4v) is 2.01. The van der Waals surface area contributed by atoms with Gasteiger partial charge in [0.25, 0.3) is 0 Å². The second kappa shape index (κ2) is 5.03. The number of halogens is 1. The lowest BCUT2D eigenvalue weighted by atomic mass is 10.1. The van der Waals surface area contributed by atoms with Gasteiger partial charge in [-0.2, -0.15) is 5.26 Å². The molecule has 0 aliphatic rings. The van der Waals surface area contributed by atoms with Crippen LogP contribution in [0.2, 0.25) is 5.02 Å². The number of rotatable bonds is 3. The minimum atomic E-state index is 0.481. The molecule has 1 N–H and O–H groups in total. The first-order valence-corrected chi connectivity index (χ1v) is 5.77. The Morgan fingerprint density at radius 2 is 2.12 bits per heavy atom. The summed E-state index contributed by atoms with van der Waals surface area (Å²) >= 11 is 6.08. The number of hydrogen-bond acceptors (Lipinski definition) is 2. The van der Waals surface area contributed by atoms with Gasteiger partial charge in [-0.25, -0.2) is 4.98 Å². The minimum Gasteiger partial charge on any atom is -0.345 e. The van der Waals surface area contributed by atoms with Crippen molar-refractivity contribution in [2.24, 2.45) is 0 Å². The maximum Gasteiger partial charge on any atom is 0.161 e. The van der Waals surface area contributed by atoms with Crippen LogP contribution in [0, 0.1) is 18.3 Å². The molecule has 0 aliphatic heterocycles. The van der Waals surface area contributed by atoms with Crippen LogP contribution in [0.4, 0.5) is 0 Å². The van der Waals surface area contributed by atoms with Gasteiger partial charge in [-0.3, -0.25) is 0 Å². The van der Waals surface area contributed by atoms with Crippen molar-refractivity contribution in [2.75, 3.05) is 0 Å². The molecule has 3 nitrogen and oxygen atoms in total. The molecule has 0 fully saturated rings. The molecule has 4 heteroatoms. The van der Waals surface area contributed by atoms with Crippen molar-refractivity contribution in [3.8, 4) is 6.07 Å². The van der Waals surface area contributed by atoms with Crippen LogP contribution in [-0.4, -0.2) is 9.97 Å².